The van der Waals surface area contributed by atoms with Crippen LogP contribution in [0.5, 0.6) is 0 Å². The third-order valence-corrected chi connectivity index (χ3v) is 6.24. The quantitative estimate of drug-likeness (QED) is 0.786. The van der Waals surface area contributed by atoms with Crippen LogP contribution in [0.2, 0.25) is 0 Å². The molecular weight excluding hydrogens is 411 g/mol. The van der Waals surface area contributed by atoms with E-state index in [0.717, 1.165) is 5.39 Å². The van der Waals surface area contributed by atoms with Gasteiger partial charge in [0.15, 0.2) is 0 Å². The van der Waals surface area contributed by atoms with Crippen LogP contribution in [-0.4, -0.2) is 45.2 Å². The molecule has 0 radical (unpaired) electrons. The average molecular weight is 431 g/mol. The monoisotopic (exact) mass is 430 g/mol. The van der Waals surface area contributed by atoms with Gasteiger partial charge in [-0.3, -0.25) is 0 Å². The molecule has 3 rings (SSSR count). The van der Waals surface area contributed by atoms with Crippen molar-refractivity contribution in [3.63, 3.8) is 0 Å². The summed E-state index contributed by atoms with van der Waals surface area (Å²) < 4.78 is 43.2. The second kappa shape index (κ2) is 7.17. The average Bonchev–Trinajstić information content (AvgIpc) is 2.53. The Morgan fingerprint density at radius 1 is 1.32 bits per heavy atom. The fraction of sp³-hybridized carbons (Fsp3) is 0.471. The van der Waals surface area contributed by atoms with E-state index >= 15 is 0 Å². The van der Waals surface area contributed by atoms with Gasteiger partial charge in [-0.05, 0) is 47.0 Å². The van der Waals surface area contributed by atoms with Crippen molar-refractivity contribution < 1.29 is 17.5 Å². The van der Waals surface area contributed by atoms with Crippen molar-refractivity contribution in [3.8, 4) is 0 Å². The lowest BCUT2D eigenvalue weighted by molar-refractivity contribution is 0.0315. The van der Waals surface area contributed by atoms with E-state index in [2.05, 4.69) is 26.2 Å². The molecule has 1 aromatic heterocycles. The summed E-state index contributed by atoms with van der Waals surface area (Å²) >= 11 is 3.17. The van der Waals surface area contributed by atoms with Gasteiger partial charge >= 0.3 is 0 Å². The standard InChI is InChI=1S/C17H20BrFN2O3S/c1-25(22,23)11-17(4-6-24-7-5-17)10-20-16-3-2-12-8-13(18)14(19)9-15(12)21-16/h2-3,8-9H,4-7,10-11H2,1H3,(H,20,21). The van der Waals surface area contributed by atoms with Crippen molar-refractivity contribution in [1.29, 1.82) is 0 Å². The van der Waals surface area contributed by atoms with Crippen LogP contribution >= 0.6 is 15.9 Å². The van der Waals surface area contributed by atoms with Crippen LogP contribution in [0.1, 0.15) is 12.8 Å². The molecule has 0 amide bonds. The summed E-state index contributed by atoms with van der Waals surface area (Å²) in [5, 5.41) is 4.07. The number of halogens is 2. The Balaban J connectivity index is 1.80. The topological polar surface area (TPSA) is 68.3 Å². The number of hydrogen-bond donors (Lipinski definition) is 1. The van der Waals surface area contributed by atoms with Crippen LogP contribution in [0.15, 0.2) is 28.7 Å². The summed E-state index contributed by atoms with van der Waals surface area (Å²) in [6.07, 6.45) is 2.63. The van der Waals surface area contributed by atoms with Gasteiger partial charge in [0, 0.05) is 42.9 Å². The highest BCUT2D eigenvalue weighted by atomic mass is 79.9. The number of rotatable bonds is 5. The lowest BCUT2D eigenvalue weighted by Gasteiger charge is -2.36. The van der Waals surface area contributed by atoms with Gasteiger partial charge in [-0.2, -0.15) is 0 Å². The van der Waals surface area contributed by atoms with Gasteiger partial charge in [0.1, 0.15) is 21.5 Å². The Morgan fingerprint density at radius 2 is 2.04 bits per heavy atom. The first-order valence-corrected chi connectivity index (χ1v) is 10.9. The first-order chi connectivity index (χ1) is 11.8. The molecule has 0 bridgehead atoms. The summed E-state index contributed by atoms with van der Waals surface area (Å²) in [4.78, 5) is 4.44. The number of sulfone groups is 1. The van der Waals surface area contributed by atoms with E-state index in [1.54, 1.807) is 6.07 Å². The maximum absolute atomic E-state index is 13.7. The van der Waals surface area contributed by atoms with Crippen molar-refractivity contribution in [2.75, 3.05) is 37.1 Å². The number of nitrogens with one attached hydrogen (secondary N) is 1. The van der Waals surface area contributed by atoms with Gasteiger partial charge in [-0.1, -0.05) is 0 Å². The second-order valence-corrected chi connectivity index (χ2v) is 9.69. The van der Waals surface area contributed by atoms with Gasteiger partial charge in [0.2, 0.25) is 0 Å². The first-order valence-electron chi connectivity index (χ1n) is 8.02. The summed E-state index contributed by atoms with van der Waals surface area (Å²) in [7, 11) is -3.10. The van der Waals surface area contributed by atoms with Crippen molar-refractivity contribution >= 4 is 42.5 Å². The number of aromatic nitrogens is 1. The summed E-state index contributed by atoms with van der Waals surface area (Å²) in [6, 6.07) is 6.75. The second-order valence-electron chi connectivity index (χ2n) is 6.69. The van der Waals surface area contributed by atoms with Crippen LogP contribution in [0.25, 0.3) is 10.9 Å². The fourth-order valence-corrected chi connectivity index (χ4v) is 5.09. The number of hydrogen-bond acceptors (Lipinski definition) is 5. The molecule has 0 atom stereocenters. The van der Waals surface area contributed by atoms with Crippen LogP contribution in [-0.2, 0) is 14.6 Å². The molecule has 1 N–H and O–H groups in total. The zero-order valence-corrected chi connectivity index (χ0v) is 16.3. The van der Waals surface area contributed by atoms with Crippen molar-refractivity contribution in [1.82, 2.24) is 4.98 Å². The van der Waals surface area contributed by atoms with Crippen LogP contribution < -0.4 is 5.32 Å². The Bertz CT molecular complexity index is 883. The van der Waals surface area contributed by atoms with Crippen molar-refractivity contribution in [2.24, 2.45) is 5.41 Å². The molecule has 0 saturated carbocycles. The summed E-state index contributed by atoms with van der Waals surface area (Å²) in [6.45, 7) is 1.60. The minimum Gasteiger partial charge on any atom is -0.381 e. The molecule has 1 aromatic carbocycles. The third-order valence-electron chi connectivity index (χ3n) is 4.50. The molecule has 1 aliphatic heterocycles. The fourth-order valence-electron chi connectivity index (χ4n) is 3.23. The molecule has 2 aromatic rings. The largest absolute Gasteiger partial charge is 0.381 e. The number of fused-ring (bicyclic) bond motifs is 1. The number of anilines is 1. The van der Waals surface area contributed by atoms with Crippen molar-refractivity contribution in [2.45, 2.75) is 12.8 Å². The lowest BCUT2D eigenvalue weighted by atomic mass is 9.82. The van der Waals surface area contributed by atoms with Gasteiger partial charge in [-0.25, -0.2) is 17.8 Å². The molecular formula is C17H20BrFN2O3S. The molecule has 1 saturated heterocycles. The number of benzene rings is 1. The lowest BCUT2D eigenvalue weighted by Crippen LogP contribution is -2.41. The third kappa shape index (κ3) is 4.68. The van der Waals surface area contributed by atoms with E-state index in [9.17, 15) is 12.8 Å². The minimum absolute atomic E-state index is 0.117. The van der Waals surface area contributed by atoms with Crippen molar-refractivity contribution in [3.05, 3.63) is 34.6 Å². The summed E-state index contributed by atoms with van der Waals surface area (Å²) in [5.41, 5.74) is 0.183. The SMILES string of the molecule is CS(=O)(=O)CC1(CNc2ccc3cc(Br)c(F)cc3n2)CCOCC1. The molecule has 5 nitrogen and oxygen atoms in total. The Kier molecular flexibility index (Phi) is 5.31. The Hall–Kier alpha value is -1.25. The number of nitrogens with zero attached hydrogens (tertiary/aromatic N) is 1. The summed E-state index contributed by atoms with van der Waals surface area (Å²) in [5.74, 6) is 0.356. The van der Waals surface area contributed by atoms with Gasteiger partial charge < -0.3 is 10.1 Å². The molecule has 0 spiro atoms. The molecule has 0 aliphatic carbocycles. The molecule has 25 heavy (non-hydrogen) atoms. The Labute approximate surface area is 155 Å². The molecule has 0 unspecified atom stereocenters. The van der Waals surface area contributed by atoms with E-state index in [0.29, 0.717) is 48.4 Å². The molecule has 1 aliphatic rings. The molecule has 2 heterocycles. The molecule has 1 fully saturated rings. The molecule has 136 valence electrons. The normalized spacial score (nSPS) is 17.6. The van der Waals surface area contributed by atoms with Crippen LogP contribution in [0, 0.1) is 11.2 Å². The highest BCUT2D eigenvalue weighted by Gasteiger charge is 2.35. The zero-order chi connectivity index (χ0) is 18.1. The van der Waals surface area contributed by atoms with Crippen LogP contribution in [0.4, 0.5) is 10.2 Å². The first kappa shape index (κ1) is 18.5. The van der Waals surface area contributed by atoms with E-state index in [1.165, 1.54) is 12.3 Å². The number of pyridine rings is 1. The van der Waals surface area contributed by atoms with Crippen LogP contribution in [0.3, 0.4) is 0 Å². The van der Waals surface area contributed by atoms with E-state index in [4.69, 9.17) is 4.74 Å². The zero-order valence-electron chi connectivity index (χ0n) is 13.9. The maximum Gasteiger partial charge on any atom is 0.148 e. The van der Waals surface area contributed by atoms with E-state index in [-0.39, 0.29) is 17.0 Å². The highest BCUT2D eigenvalue weighted by Crippen LogP contribution is 2.32. The van der Waals surface area contributed by atoms with E-state index < -0.39 is 9.84 Å². The van der Waals surface area contributed by atoms with Gasteiger partial charge in [0.05, 0.1) is 15.7 Å². The number of ether oxygens (including phenoxy) is 1. The maximum atomic E-state index is 13.7. The predicted octanol–water partition coefficient (Wildman–Crippen LogP) is 3.39. The van der Waals surface area contributed by atoms with Gasteiger partial charge in [-0.15, -0.1) is 0 Å². The highest BCUT2D eigenvalue weighted by molar-refractivity contribution is 9.10. The van der Waals surface area contributed by atoms with E-state index in [1.807, 2.05) is 12.1 Å². The Morgan fingerprint density at radius 3 is 2.72 bits per heavy atom. The minimum atomic E-state index is -3.10. The molecule has 8 heteroatoms. The van der Waals surface area contributed by atoms with Gasteiger partial charge in [0.25, 0.3) is 0 Å². The smallest absolute Gasteiger partial charge is 0.148 e. The predicted molar refractivity (Wildman–Crippen MR) is 100 cm³/mol.